The first-order valence-corrected chi connectivity index (χ1v) is 5.37. The number of hydrogen-bond acceptors (Lipinski definition) is 4. The molecule has 0 aliphatic carbocycles. The van der Waals surface area contributed by atoms with Crippen molar-refractivity contribution in [1.29, 1.82) is 0 Å². The second kappa shape index (κ2) is 4.15. The molecule has 1 aliphatic heterocycles. The minimum absolute atomic E-state index is 0.150. The number of ether oxygens (including phenoxy) is 1. The zero-order chi connectivity index (χ0) is 9.90. The fourth-order valence-electron chi connectivity index (χ4n) is 0.875. The first kappa shape index (κ1) is 10.6. The molecule has 4 heteroatoms. The van der Waals surface area contributed by atoms with Gasteiger partial charge in [0.2, 0.25) is 5.79 Å². The quantitative estimate of drug-likeness (QED) is 0.557. The first-order chi connectivity index (χ1) is 6.07. The van der Waals surface area contributed by atoms with Gasteiger partial charge in [0.05, 0.1) is 11.7 Å². The molecule has 2 unspecified atom stereocenters. The summed E-state index contributed by atoms with van der Waals surface area (Å²) < 4.78 is 4.96. The standard InChI is InChI=1S/C9H14O3S/c1-3-7(2)8(10)12-9(11)4-5-13-6-9/h4-5,7,11H,3,6H2,1-2H3. The molecule has 0 aromatic rings. The number of carbonyl (C=O) groups is 1. The number of esters is 1. The summed E-state index contributed by atoms with van der Waals surface area (Å²) in [6.07, 6.45) is 2.24. The monoisotopic (exact) mass is 202 g/mol. The number of aliphatic hydroxyl groups is 1. The van der Waals surface area contributed by atoms with Gasteiger partial charge in [-0.2, -0.15) is 0 Å². The van der Waals surface area contributed by atoms with E-state index in [-0.39, 0.29) is 11.9 Å². The average molecular weight is 202 g/mol. The zero-order valence-corrected chi connectivity index (χ0v) is 8.63. The van der Waals surface area contributed by atoms with Gasteiger partial charge in [0.25, 0.3) is 0 Å². The molecule has 74 valence electrons. The molecule has 0 bridgehead atoms. The summed E-state index contributed by atoms with van der Waals surface area (Å²) >= 11 is 1.43. The molecule has 1 N–H and O–H groups in total. The maximum Gasteiger partial charge on any atom is 0.311 e. The Hall–Kier alpha value is -0.480. The lowest BCUT2D eigenvalue weighted by molar-refractivity contribution is -0.187. The van der Waals surface area contributed by atoms with E-state index < -0.39 is 5.79 Å². The summed E-state index contributed by atoms with van der Waals surface area (Å²) in [7, 11) is 0. The van der Waals surface area contributed by atoms with Crippen LogP contribution in [0.2, 0.25) is 0 Å². The molecule has 0 saturated heterocycles. The van der Waals surface area contributed by atoms with Crippen molar-refractivity contribution in [1.82, 2.24) is 0 Å². The van der Waals surface area contributed by atoms with Gasteiger partial charge in [-0.3, -0.25) is 4.79 Å². The van der Waals surface area contributed by atoms with E-state index in [0.717, 1.165) is 6.42 Å². The summed E-state index contributed by atoms with van der Waals surface area (Å²) in [6, 6.07) is 0. The molecular weight excluding hydrogens is 188 g/mol. The third-order valence-corrected chi connectivity index (χ3v) is 2.92. The number of thioether (sulfide) groups is 1. The highest BCUT2D eigenvalue weighted by Crippen LogP contribution is 2.26. The van der Waals surface area contributed by atoms with E-state index in [1.54, 1.807) is 12.3 Å². The van der Waals surface area contributed by atoms with E-state index >= 15 is 0 Å². The Bertz CT molecular complexity index is 227. The summed E-state index contributed by atoms with van der Waals surface area (Å²) in [6.45, 7) is 3.70. The second-order valence-corrected chi connectivity index (χ2v) is 4.08. The summed E-state index contributed by atoms with van der Waals surface area (Å²) in [5.74, 6) is -1.46. The van der Waals surface area contributed by atoms with Crippen molar-refractivity contribution in [2.24, 2.45) is 5.92 Å². The van der Waals surface area contributed by atoms with Gasteiger partial charge in [-0.25, -0.2) is 0 Å². The van der Waals surface area contributed by atoms with Crippen LogP contribution in [0.25, 0.3) is 0 Å². The van der Waals surface area contributed by atoms with Crippen LogP contribution in [0.1, 0.15) is 20.3 Å². The van der Waals surface area contributed by atoms with Crippen molar-refractivity contribution >= 4 is 17.7 Å². The van der Waals surface area contributed by atoms with Gasteiger partial charge in [0, 0.05) is 0 Å². The van der Waals surface area contributed by atoms with Gasteiger partial charge in [-0.1, -0.05) is 13.8 Å². The molecular formula is C9H14O3S. The first-order valence-electron chi connectivity index (χ1n) is 4.32. The van der Waals surface area contributed by atoms with Crippen LogP contribution < -0.4 is 0 Å². The van der Waals surface area contributed by atoms with Crippen molar-refractivity contribution in [2.75, 3.05) is 5.75 Å². The Morgan fingerprint density at radius 3 is 3.00 bits per heavy atom. The highest BCUT2D eigenvalue weighted by Gasteiger charge is 2.32. The Kier molecular flexibility index (Phi) is 3.39. The van der Waals surface area contributed by atoms with E-state index in [2.05, 4.69) is 0 Å². The van der Waals surface area contributed by atoms with Gasteiger partial charge in [0.15, 0.2) is 0 Å². The Balaban J connectivity index is 2.48. The third kappa shape index (κ3) is 2.74. The molecule has 0 aromatic heterocycles. The minimum atomic E-state index is -1.37. The zero-order valence-electron chi connectivity index (χ0n) is 7.82. The van der Waals surface area contributed by atoms with Crippen molar-refractivity contribution in [3.05, 3.63) is 11.5 Å². The van der Waals surface area contributed by atoms with Crippen LogP contribution in [0.15, 0.2) is 11.5 Å². The summed E-state index contributed by atoms with van der Waals surface area (Å²) in [5.41, 5.74) is 0. The van der Waals surface area contributed by atoms with E-state index in [0.29, 0.717) is 5.75 Å². The lowest BCUT2D eigenvalue weighted by Crippen LogP contribution is -2.35. The molecule has 0 amide bonds. The van der Waals surface area contributed by atoms with Crippen LogP contribution in [0, 0.1) is 5.92 Å². The lowest BCUT2D eigenvalue weighted by atomic mass is 10.1. The topological polar surface area (TPSA) is 46.5 Å². The van der Waals surface area contributed by atoms with E-state index in [9.17, 15) is 9.90 Å². The van der Waals surface area contributed by atoms with E-state index in [1.807, 2.05) is 6.92 Å². The minimum Gasteiger partial charge on any atom is -0.428 e. The van der Waals surface area contributed by atoms with Gasteiger partial charge in [-0.05, 0) is 17.9 Å². The molecule has 1 aliphatic rings. The largest absolute Gasteiger partial charge is 0.428 e. The fourth-order valence-corrected chi connectivity index (χ4v) is 1.67. The average Bonchev–Trinajstić information content (AvgIpc) is 2.50. The number of hydrogen-bond donors (Lipinski definition) is 1. The van der Waals surface area contributed by atoms with Gasteiger partial charge < -0.3 is 9.84 Å². The fraction of sp³-hybridized carbons (Fsp3) is 0.667. The molecule has 1 rings (SSSR count). The maximum absolute atomic E-state index is 11.3. The van der Waals surface area contributed by atoms with E-state index in [1.165, 1.54) is 17.8 Å². The van der Waals surface area contributed by atoms with Crippen molar-refractivity contribution in [2.45, 2.75) is 26.1 Å². The van der Waals surface area contributed by atoms with E-state index in [4.69, 9.17) is 4.74 Å². The molecule has 0 radical (unpaired) electrons. The molecule has 0 aromatic carbocycles. The van der Waals surface area contributed by atoms with Crippen molar-refractivity contribution in [3.8, 4) is 0 Å². The van der Waals surface area contributed by atoms with Crippen LogP contribution in [-0.2, 0) is 9.53 Å². The number of rotatable bonds is 3. The Morgan fingerprint density at radius 2 is 2.54 bits per heavy atom. The predicted molar refractivity (Wildman–Crippen MR) is 52.1 cm³/mol. The summed E-state index contributed by atoms with van der Waals surface area (Å²) in [4.78, 5) is 11.3. The normalized spacial score (nSPS) is 28.8. The van der Waals surface area contributed by atoms with Crippen LogP contribution >= 0.6 is 11.8 Å². The van der Waals surface area contributed by atoms with Gasteiger partial charge >= 0.3 is 5.97 Å². The second-order valence-electron chi connectivity index (χ2n) is 3.19. The van der Waals surface area contributed by atoms with Crippen molar-refractivity contribution in [3.63, 3.8) is 0 Å². The van der Waals surface area contributed by atoms with Gasteiger partial charge in [0.1, 0.15) is 0 Å². The smallest absolute Gasteiger partial charge is 0.311 e. The Labute approximate surface area is 82.2 Å². The van der Waals surface area contributed by atoms with Crippen LogP contribution in [0.4, 0.5) is 0 Å². The molecule has 3 nitrogen and oxygen atoms in total. The molecule has 0 saturated carbocycles. The van der Waals surface area contributed by atoms with Crippen LogP contribution in [0.5, 0.6) is 0 Å². The van der Waals surface area contributed by atoms with Crippen LogP contribution in [-0.4, -0.2) is 22.6 Å². The maximum atomic E-state index is 11.3. The number of carbonyl (C=O) groups excluding carboxylic acids is 1. The summed E-state index contributed by atoms with van der Waals surface area (Å²) in [5, 5.41) is 11.4. The predicted octanol–water partition coefficient (Wildman–Crippen LogP) is 1.52. The van der Waals surface area contributed by atoms with Crippen LogP contribution in [0.3, 0.4) is 0 Å². The van der Waals surface area contributed by atoms with Gasteiger partial charge in [-0.15, -0.1) is 11.8 Å². The third-order valence-electron chi connectivity index (χ3n) is 2.01. The molecule has 2 atom stereocenters. The molecule has 0 spiro atoms. The SMILES string of the molecule is CCC(C)C(=O)OC1(O)C=CSC1. The molecule has 1 heterocycles. The highest BCUT2D eigenvalue weighted by atomic mass is 32.2. The Morgan fingerprint density at radius 1 is 1.85 bits per heavy atom. The molecule has 13 heavy (non-hydrogen) atoms. The molecule has 0 fully saturated rings. The lowest BCUT2D eigenvalue weighted by Gasteiger charge is -2.21. The highest BCUT2D eigenvalue weighted by molar-refractivity contribution is 8.02. The van der Waals surface area contributed by atoms with Crippen molar-refractivity contribution < 1.29 is 14.6 Å².